The lowest BCUT2D eigenvalue weighted by atomic mass is 10.1. The fourth-order valence-corrected chi connectivity index (χ4v) is 1.94. The molecule has 2 aromatic rings. The molecule has 3 nitrogen and oxygen atoms in total. The van der Waals surface area contributed by atoms with Crippen LogP contribution in [0, 0.1) is 0 Å². The van der Waals surface area contributed by atoms with Gasteiger partial charge in [0, 0.05) is 16.7 Å². The fourth-order valence-electron chi connectivity index (χ4n) is 1.78. The monoisotopic (exact) mass is 246 g/mol. The van der Waals surface area contributed by atoms with Gasteiger partial charge in [0.15, 0.2) is 0 Å². The normalized spacial score (nSPS) is 17.1. The third kappa shape index (κ3) is 2.22. The zero-order chi connectivity index (χ0) is 11.8. The number of nitrogens with zero attached hydrogens (tertiary/aromatic N) is 2. The van der Waals surface area contributed by atoms with E-state index in [0.717, 1.165) is 17.0 Å². The standard InChI is InChI=1S/C13H14N2OS/c1-8(17)10-3-2-4-11(7-10)13-15-14-12(16-13)9-5-6-9/h2-4,7-9,17H,5-6H2,1H3. The lowest BCUT2D eigenvalue weighted by Gasteiger charge is -2.04. The first-order valence-electron chi connectivity index (χ1n) is 5.86. The highest BCUT2D eigenvalue weighted by molar-refractivity contribution is 7.80. The molecule has 0 saturated heterocycles. The van der Waals surface area contributed by atoms with Crippen LogP contribution in [0.5, 0.6) is 0 Å². The molecule has 4 heteroatoms. The molecule has 0 radical (unpaired) electrons. The Hall–Kier alpha value is -1.29. The van der Waals surface area contributed by atoms with E-state index in [0.29, 0.717) is 11.8 Å². The van der Waals surface area contributed by atoms with Gasteiger partial charge in [0.1, 0.15) is 0 Å². The summed E-state index contributed by atoms with van der Waals surface area (Å²) in [6.07, 6.45) is 2.35. The van der Waals surface area contributed by atoms with E-state index in [-0.39, 0.29) is 5.25 Å². The Morgan fingerprint density at radius 1 is 1.35 bits per heavy atom. The first-order chi connectivity index (χ1) is 8.24. The summed E-state index contributed by atoms with van der Waals surface area (Å²) in [4.78, 5) is 0. The van der Waals surface area contributed by atoms with Gasteiger partial charge in [0.25, 0.3) is 0 Å². The van der Waals surface area contributed by atoms with Crippen LogP contribution >= 0.6 is 12.6 Å². The third-order valence-corrected chi connectivity index (χ3v) is 3.28. The summed E-state index contributed by atoms with van der Waals surface area (Å²) in [6, 6.07) is 8.10. The van der Waals surface area contributed by atoms with Gasteiger partial charge in [-0.3, -0.25) is 0 Å². The number of benzene rings is 1. The van der Waals surface area contributed by atoms with E-state index in [9.17, 15) is 0 Å². The van der Waals surface area contributed by atoms with Gasteiger partial charge < -0.3 is 4.42 Å². The van der Waals surface area contributed by atoms with Crippen LogP contribution < -0.4 is 0 Å². The van der Waals surface area contributed by atoms with Gasteiger partial charge in [0.05, 0.1) is 0 Å². The number of hydrogen-bond acceptors (Lipinski definition) is 4. The van der Waals surface area contributed by atoms with Crippen LogP contribution in [-0.4, -0.2) is 10.2 Å². The Morgan fingerprint density at radius 3 is 2.88 bits per heavy atom. The van der Waals surface area contributed by atoms with Crippen molar-refractivity contribution in [3.63, 3.8) is 0 Å². The Balaban J connectivity index is 1.93. The van der Waals surface area contributed by atoms with Gasteiger partial charge in [-0.15, -0.1) is 10.2 Å². The molecule has 1 saturated carbocycles. The van der Waals surface area contributed by atoms with E-state index in [1.54, 1.807) is 0 Å². The molecule has 17 heavy (non-hydrogen) atoms. The summed E-state index contributed by atoms with van der Waals surface area (Å²) in [7, 11) is 0. The summed E-state index contributed by atoms with van der Waals surface area (Å²) >= 11 is 4.43. The van der Waals surface area contributed by atoms with Gasteiger partial charge in [-0.25, -0.2) is 0 Å². The third-order valence-electron chi connectivity index (χ3n) is 2.98. The molecule has 1 aliphatic carbocycles. The van der Waals surface area contributed by atoms with Crippen LogP contribution in [0.3, 0.4) is 0 Å². The summed E-state index contributed by atoms with van der Waals surface area (Å²) < 4.78 is 5.68. The number of aromatic nitrogens is 2. The molecule has 0 bridgehead atoms. The lowest BCUT2D eigenvalue weighted by molar-refractivity contribution is 0.508. The quantitative estimate of drug-likeness (QED) is 0.841. The molecule has 1 fully saturated rings. The fraction of sp³-hybridized carbons (Fsp3) is 0.385. The van der Waals surface area contributed by atoms with Crippen LogP contribution in [0.1, 0.15) is 42.4 Å². The molecule has 1 unspecified atom stereocenters. The number of hydrogen-bond donors (Lipinski definition) is 1. The van der Waals surface area contributed by atoms with E-state index in [1.165, 1.54) is 12.8 Å². The Kier molecular flexibility index (Phi) is 2.67. The average Bonchev–Trinajstić information content (AvgIpc) is 3.07. The molecular weight excluding hydrogens is 232 g/mol. The molecule has 1 heterocycles. The zero-order valence-electron chi connectivity index (χ0n) is 9.63. The average molecular weight is 246 g/mol. The number of rotatable bonds is 3. The molecule has 0 aliphatic heterocycles. The van der Waals surface area contributed by atoms with E-state index in [2.05, 4.69) is 35.0 Å². The summed E-state index contributed by atoms with van der Waals surface area (Å²) in [5, 5.41) is 8.41. The van der Waals surface area contributed by atoms with E-state index in [1.807, 2.05) is 19.1 Å². The summed E-state index contributed by atoms with van der Waals surface area (Å²) in [6.45, 7) is 2.05. The molecule has 1 aliphatic rings. The van der Waals surface area contributed by atoms with Crippen LogP contribution in [0.4, 0.5) is 0 Å². The minimum Gasteiger partial charge on any atom is -0.420 e. The van der Waals surface area contributed by atoms with Crippen molar-refractivity contribution in [1.82, 2.24) is 10.2 Å². The largest absolute Gasteiger partial charge is 0.420 e. The molecule has 0 amide bonds. The van der Waals surface area contributed by atoms with Gasteiger partial charge in [-0.1, -0.05) is 12.1 Å². The van der Waals surface area contributed by atoms with Crippen molar-refractivity contribution < 1.29 is 4.42 Å². The topological polar surface area (TPSA) is 38.9 Å². The highest BCUT2D eigenvalue weighted by Gasteiger charge is 2.29. The maximum absolute atomic E-state index is 5.68. The van der Waals surface area contributed by atoms with Crippen molar-refractivity contribution in [2.75, 3.05) is 0 Å². The first kappa shape index (κ1) is 10.8. The molecule has 88 valence electrons. The van der Waals surface area contributed by atoms with Crippen molar-refractivity contribution >= 4 is 12.6 Å². The smallest absolute Gasteiger partial charge is 0.247 e. The van der Waals surface area contributed by atoms with Crippen LogP contribution in [0.25, 0.3) is 11.5 Å². The number of thiol groups is 1. The van der Waals surface area contributed by atoms with Gasteiger partial charge in [-0.05, 0) is 37.5 Å². The van der Waals surface area contributed by atoms with Crippen LogP contribution in [0.15, 0.2) is 28.7 Å². The van der Waals surface area contributed by atoms with E-state index >= 15 is 0 Å². The predicted octanol–water partition coefficient (Wildman–Crippen LogP) is 3.60. The molecule has 1 aromatic heterocycles. The lowest BCUT2D eigenvalue weighted by Crippen LogP contribution is -1.85. The first-order valence-corrected chi connectivity index (χ1v) is 6.37. The molecule has 3 rings (SSSR count). The minimum absolute atomic E-state index is 0.209. The molecule has 1 aromatic carbocycles. The van der Waals surface area contributed by atoms with Crippen molar-refractivity contribution in [2.24, 2.45) is 0 Å². The molecule has 0 spiro atoms. The Morgan fingerprint density at radius 2 is 2.18 bits per heavy atom. The molecule has 1 atom stereocenters. The second-order valence-electron chi connectivity index (χ2n) is 4.52. The van der Waals surface area contributed by atoms with Crippen molar-refractivity contribution in [3.8, 4) is 11.5 Å². The minimum atomic E-state index is 0.209. The Bertz CT molecular complexity index is 532. The highest BCUT2D eigenvalue weighted by Crippen LogP contribution is 2.40. The van der Waals surface area contributed by atoms with Crippen LogP contribution in [0.2, 0.25) is 0 Å². The van der Waals surface area contributed by atoms with Crippen LogP contribution in [-0.2, 0) is 0 Å². The summed E-state index contributed by atoms with van der Waals surface area (Å²) in [5.41, 5.74) is 2.14. The Labute approximate surface area is 106 Å². The predicted molar refractivity (Wildman–Crippen MR) is 69.1 cm³/mol. The van der Waals surface area contributed by atoms with E-state index in [4.69, 9.17) is 4.42 Å². The summed E-state index contributed by atoms with van der Waals surface area (Å²) in [5.74, 6) is 1.90. The van der Waals surface area contributed by atoms with E-state index < -0.39 is 0 Å². The highest BCUT2D eigenvalue weighted by atomic mass is 32.1. The van der Waals surface area contributed by atoms with Crippen molar-refractivity contribution in [1.29, 1.82) is 0 Å². The maximum atomic E-state index is 5.68. The van der Waals surface area contributed by atoms with Gasteiger partial charge >= 0.3 is 0 Å². The molecule has 0 N–H and O–H groups in total. The molecular formula is C13H14N2OS. The second kappa shape index (κ2) is 4.18. The maximum Gasteiger partial charge on any atom is 0.247 e. The zero-order valence-corrected chi connectivity index (χ0v) is 10.5. The van der Waals surface area contributed by atoms with Crippen molar-refractivity contribution in [2.45, 2.75) is 30.9 Å². The van der Waals surface area contributed by atoms with Gasteiger partial charge in [-0.2, -0.15) is 12.6 Å². The SMILES string of the molecule is CC(S)c1cccc(-c2nnc(C3CC3)o2)c1. The van der Waals surface area contributed by atoms with Crippen molar-refractivity contribution in [3.05, 3.63) is 35.7 Å². The van der Waals surface area contributed by atoms with Gasteiger partial charge in [0.2, 0.25) is 11.8 Å². The second-order valence-corrected chi connectivity index (χ2v) is 5.30.